The van der Waals surface area contributed by atoms with Crippen LogP contribution in [0.5, 0.6) is 0 Å². The molecule has 3 heteroatoms. The van der Waals surface area contributed by atoms with Gasteiger partial charge in [0.25, 0.3) is 0 Å². The molecular weight excluding hydrogens is 203 g/mol. The molecule has 1 heterocycles. The Morgan fingerprint density at radius 2 is 2.00 bits per heavy atom. The van der Waals surface area contributed by atoms with Crippen molar-refractivity contribution in [3.8, 4) is 0 Å². The van der Waals surface area contributed by atoms with Crippen molar-refractivity contribution >= 4 is 5.69 Å². The molecule has 0 radical (unpaired) electrons. The number of rotatable bonds is 3. The minimum absolute atomic E-state index is 0.0996. The van der Waals surface area contributed by atoms with Crippen LogP contribution in [0, 0.1) is 5.82 Å². The van der Waals surface area contributed by atoms with Crippen LogP contribution in [0.1, 0.15) is 24.8 Å². The summed E-state index contributed by atoms with van der Waals surface area (Å²) >= 11 is 0. The molecule has 2 rings (SSSR count). The fourth-order valence-electron chi connectivity index (χ4n) is 2.33. The van der Waals surface area contributed by atoms with E-state index in [2.05, 4.69) is 10.2 Å². The van der Waals surface area contributed by atoms with Gasteiger partial charge in [-0.3, -0.25) is 0 Å². The Hall–Kier alpha value is -1.09. The van der Waals surface area contributed by atoms with Crippen LogP contribution < -0.4 is 10.2 Å². The van der Waals surface area contributed by atoms with Gasteiger partial charge < -0.3 is 10.2 Å². The fourth-order valence-corrected chi connectivity index (χ4v) is 2.33. The van der Waals surface area contributed by atoms with Gasteiger partial charge in [-0.15, -0.1) is 0 Å². The highest BCUT2D eigenvalue weighted by Crippen LogP contribution is 2.26. The van der Waals surface area contributed by atoms with Crippen molar-refractivity contribution < 1.29 is 4.39 Å². The first-order chi connectivity index (χ1) is 7.83. The number of hydrogen-bond donors (Lipinski definition) is 1. The second kappa shape index (κ2) is 5.30. The third kappa shape index (κ3) is 2.35. The topological polar surface area (TPSA) is 15.3 Å². The van der Waals surface area contributed by atoms with Crippen molar-refractivity contribution in [2.24, 2.45) is 0 Å². The highest BCUT2D eigenvalue weighted by atomic mass is 19.1. The zero-order valence-corrected chi connectivity index (χ0v) is 9.80. The van der Waals surface area contributed by atoms with E-state index in [1.165, 1.54) is 19.3 Å². The van der Waals surface area contributed by atoms with Gasteiger partial charge in [0.2, 0.25) is 0 Å². The molecule has 0 aliphatic carbocycles. The van der Waals surface area contributed by atoms with Crippen LogP contribution in [0.25, 0.3) is 0 Å². The highest BCUT2D eigenvalue weighted by molar-refractivity contribution is 5.54. The number of halogens is 1. The molecule has 1 fully saturated rings. The van der Waals surface area contributed by atoms with Gasteiger partial charge >= 0.3 is 0 Å². The Bertz CT molecular complexity index is 346. The molecule has 0 amide bonds. The molecule has 16 heavy (non-hydrogen) atoms. The average molecular weight is 222 g/mol. The van der Waals surface area contributed by atoms with Crippen LogP contribution >= 0.6 is 0 Å². The van der Waals surface area contributed by atoms with Gasteiger partial charge in [-0.1, -0.05) is 6.07 Å². The third-order valence-electron chi connectivity index (χ3n) is 3.14. The summed E-state index contributed by atoms with van der Waals surface area (Å²) in [5, 5.41) is 3.04. The highest BCUT2D eigenvalue weighted by Gasteiger charge is 2.16. The lowest BCUT2D eigenvalue weighted by molar-refractivity contribution is 0.565. The lowest BCUT2D eigenvalue weighted by Crippen LogP contribution is -2.31. The molecule has 0 aromatic heterocycles. The zero-order valence-electron chi connectivity index (χ0n) is 9.80. The summed E-state index contributed by atoms with van der Waals surface area (Å²) in [6.07, 6.45) is 3.73. The van der Waals surface area contributed by atoms with Crippen LogP contribution in [0.3, 0.4) is 0 Å². The normalized spacial score (nSPS) is 16.5. The van der Waals surface area contributed by atoms with Crippen LogP contribution in [0.4, 0.5) is 10.1 Å². The molecule has 0 spiro atoms. The van der Waals surface area contributed by atoms with Crippen molar-refractivity contribution in [2.75, 3.05) is 25.0 Å². The van der Waals surface area contributed by atoms with Gasteiger partial charge in [-0.2, -0.15) is 0 Å². The maximum absolute atomic E-state index is 13.7. The number of hydrogen-bond acceptors (Lipinski definition) is 2. The molecule has 1 aliphatic rings. The van der Waals surface area contributed by atoms with Gasteiger partial charge in [-0.25, -0.2) is 4.39 Å². The number of nitrogens with one attached hydrogen (secondary N) is 1. The van der Waals surface area contributed by atoms with Crippen molar-refractivity contribution in [3.05, 3.63) is 29.6 Å². The van der Waals surface area contributed by atoms with Crippen molar-refractivity contribution in [2.45, 2.75) is 25.8 Å². The molecule has 1 N–H and O–H groups in total. The predicted octanol–water partition coefficient (Wildman–Crippen LogP) is 2.54. The Balaban J connectivity index is 2.27. The lowest BCUT2D eigenvalue weighted by Gasteiger charge is -2.30. The van der Waals surface area contributed by atoms with Crippen LogP contribution in [-0.4, -0.2) is 20.1 Å². The Morgan fingerprint density at radius 1 is 1.25 bits per heavy atom. The van der Waals surface area contributed by atoms with Gasteiger partial charge in [-0.05, 0) is 38.4 Å². The molecule has 88 valence electrons. The second-order valence-electron chi connectivity index (χ2n) is 4.32. The molecule has 0 bridgehead atoms. The van der Waals surface area contributed by atoms with E-state index in [1.807, 2.05) is 13.1 Å². The Morgan fingerprint density at radius 3 is 2.69 bits per heavy atom. The number of piperidine rings is 1. The van der Waals surface area contributed by atoms with Crippen molar-refractivity contribution in [3.63, 3.8) is 0 Å². The summed E-state index contributed by atoms with van der Waals surface area (Å²) in [6, 6.07) is 5.37. The number of benzene rings is 1. The van der Waals surface area contributed by atoms with E-state index in [9.17, 15) is 4.39 Å². The molecule has 0 atom stereocenters. The quantitative estimate of drug-likeness (QED) is 0.845. The van der Waals surface area contributed by atoms with E-state index in [1.54, 1.807) is 12.1 Å². The first-order valence-electron chi connectivity index (χ1n) is 6.00. The van der Waals surface area contributed by atoms with E-state index in [-0.39, 0.29) is 5.82 Å². The summed E-state index contributed by atoms with van der Waals surface area (Å²) in [5.41, 5.74) is 1.86. The van der Waals surface area contributed by atoms with Gasteiger partial charge in [0, 0.05) is 30.9 Å². The monoisotopic (exact) mass is 222 g/mol. The van der Waals surface area contributed by atoms with Gasteiger partial charge in [0.1, 0.15) is 5.82 Å². The molecule has 0 saturated carbocycles. The van der Waals surface area contributed by atoms with Crippen LogP contribution in [0.2, 0.25) is 0 Å². The number of nitrogens with zero attached hydrogens (tertiary/aromatic N) is 1. The van der Waals surface area contributed by atoms with E-state index in [0.717, 1.165) is 24.3 Å². The third-order valence-corrected chi connectivity index (χ3v) is 3.14. The molecule has 0 unspecified atom stereocenters. The van der Waals surface area contributed by atoms with E-state index >= 15 is 0 Å². The van der Waals surface area contributed by atoms with E-state index in [4.69, 9.17) is 0 Å². The van der Waals surface area contributed by atoms with Gasteiger partial charge in [0.05, 0.1) is 0 Å². The molecule has 1 aliphatic heterocycles. The Labute approximate surface area is 96.5 Å². The maximum Gasteiger partial charge on any atom is 0.129 e. The first-order valence-corrected chi connectivity index (χ1v) is 6.00. The van der Waals surface area contributed by atoms with E-state index in [0.29, 0.717) is 6.54 Å². The maximum atomic E-state index is 13.7. The van der Waals surface area contributed by atoms with Gasteiger partial charge in [0.15, 0.2) is 0 Å². The summed E-state index contributed by atoms with van der Waals surface area (Å²) in [6.45, 7) is 2.71. The fraction of sp³-hybridized carbons (Fsp3) is 0.538. The summed E-state index contributed by atoms with van der Waals surface area (Å²) in [5.74, 6) is -0.0996. The molecule has 2 nitrogen and oxygen atoms in total. The second-order valence-corrected chi connectivity index (χ2v) is 4.32. The Kier molecular flexibility index (Phi) is 3.78. The lowest BCUT2D eigenvalue weighted by atomic mass is 10.1. The van der Waals surface area contributed by atoms with Crippen molar-refractivity contribution in [1.29, 1.82) is 0 Å². The smallest absolute Gasteiger partial charge is 0.129 e. The standard InChI is InChI=1S/C13H19FN2/c1-15-10-11-12(14)6-5-7-13(11)16-8-3-2-4-9-16/h5-7,15H,2-4,8-10H2,1H3. The van der Waals surface area contributed by atoms with E-state index < -0.39 is 0 Å². The van der Waals surface area contributed by atoms with Crippen LogP contribution in [0.15, 0.2) is 18.2 Å². The van der Waals surface area contributed by atoms with Crippen molar-refractivity contribution in [1.82, 2.24) is 5.32 Å². The molecular formula is C13H19FN2. The number of anilines is 1. The predicted molar refractivity (Wildman–Crippen MR) is 65.2 cm³/mol. The summed E-state index contributed by atoms with van der Waals surface area (Å²) < 4.78 is 13.7. The average Bonchev–Trinajstić information content (AvgIpc) is 2.33. The molecule has 1 aromatic carbocycles. The minimum Gasteiger partial charge on any atom is -0.371 e. The largest absolute Gasteiger partial charge is 0.371 e. The molecule has 1 aromatic rings. The molecule has 1 saturated heterocycles. The summed E-state index contributed by atoms with van der Waals surface area (Å²) in [7, 11) is 1.85. The first kappa shape index (κ1) is 11.4. The SMILES string of the molecule is CNCc1c(F)cccc1N1CCCCC1. The zero-order chi connectivity index (χ0) is 11.4. The summed E-state index contributed by atoms with van der Waals surface area (Å²) in [4.78, 5) is 2.30. The van der Waals surface area contributed by atoms with Crippen LogP contribution in [-0.2, 0) is 6.54 Å². The minimum atomic E-state index is -0.0996.